The van der Waals surface area contributed by atoms with Gasteiger partial charge in [0.2, 0.25) is 10.0 Å². The molecule has 0 radical (unpaired) electrons. The zero-order chi connectivity index (χ0) is 16.3. The molecule has 0 fully saturated rings. The van der Waals surface area contributed by atoms with Gasteiger partial charge < -0.3 is 4.74 Å². The number of methoxy groups -OCH3 is 1. The molecule has 0 amide bonds. The highest BCUT2D eigenvalue weighted by molar-refractivity contribution is 7.89. The molecule has 22 heavy (non-hydrogen) atoms. The molecule has 2 rings (SSSR count). The first-order valence-electron chi connectivity index (χ1n) is 6.91. The maximum Gasteiger partial charge on any atom is 0.241 e. The molecule has 0 aliphatic heterocycles. The van der Waals surface area contributed by atoms with Crippen molar-refractivity contribution in [2.45, 2.75) is 38.1 Å². The zero-order valence-electron chi connectivity index (χ0n) is 13.1. The molecule has 0 atom stereocenters. The summed E-state index contributed by atoms with van der Waals surface area (Å²) in [7, 11) is -1.99. The molecule has 0 saturated heterocycles. The predicted molar refractivity (Wildman–Crippen MR) is 88.0 cm³/mol. The van der Waals surface area contributed by atoms with E-state index in [0.717, 1.165) is 10.6 Å². The number of rotatable bonds is 6. The Morgan fingerprint density at radius 2 is 2.09 bits per heavy atom. The monoisotopic (exact) mass is 340 g/mol. The first-order chi connectivity index (χ1) is 10.3. The normalized spacial score (nSPS) is 11.9. The van der Waals surface area contributed by atoms with Crippen molar-refractivity contribution in [2.75, 3.05) is 7.11 Å². The Morgan fingerprint density at radius 1 is 1.36 bits per heavy atom. The van der Waals surface area contributed by atoms with Gasteiger partial charge in [0.25, 0.3) is 0 Å². The average molecular weight is 340 g/mol. The van der Waals surface area contributed by atoms with E-state index in [-0.39, 0.29) is 17.4 Å². The minimum absolute atomic E-state index is 0.170. The lowest BCUT2D eigenvalue weighted by molar-refractivity contribution is 0.406. The van der Waals surface area contributed by atoms with Crippen LogP contribution in [0.25, 0.3) is 0 Å². The predicted octanol–water partition coefficient (Wildman–Crippen LogP) is 3.06. The average Bonchev–Trinajstić information content (AvgIpc) is 2.97. The molecule has 0 spiro atoms. The summed E-state index contributed by atoms with van der Waals surface area (Å²) in [5.74, 6) is 0.884. The van der Waals surface area contributed by atoms with E-state index in [2.05, 4.69) is 9.71 Å². The molecule has 1 aromatic carbocycles. The summed E-state index contributed by atoms with van der Waals surface area (Å²) in [6, 6.07) is 3.47. The van der Waals surface area contributed by atoms with Crippen LogP contribution in [0.5, 0.6) is 5.75 Å². The number of benzene rings is 1. The van der Waals surface area contributed by atoms with E-state index in [0.29, 0.717) is 11.3 Å². The van der Waals surface area contributed by atoms with Crippen LogP contribution in [0, 0.1) is 6.92 Å². The highest BCUT2D eigenvalue weighted by Gasteiger charge is 2.21. The number of hydrogen-bond donors (Lipinski definition) is 1. The van der Waals surface area contributed by atoms with Crippen molar-refractivity contribution in [2.24, 2.45) is 0 Å². The van der Waals surface area contributed by atoms with Gasteiger partial charge in [-0.25, -0.2) is 18.1 Å². The number of sulfonamides is 1. The Balaban J connectivity index is 2.35. The number of ether oxygens (including phenoxy) is 1. The molecule has 0 unspecified atom stereocenters. The van der Waals surface area contributed by atoms with Gasteiger partial charge in [-0.05, 0) is 36.1 Å². The lowest BCUT2D eigenvalue weighted by Crippen LogP contribution is -2.24. The molecule has 0 saturated carbocycles. The molecule has 0 aliphatic carbocycles. The smallest absolute Gasteiger partial charge is 0.241 e. The van der Waals surface area contributed by atoms with E-state index in [9.17, 15) is 8.42 Å². The molecule has 0 aliphatic rings. The minimum Gasteiger partial charge on any atom is -0.496 e. The second kappa shape index (κ2) is 6.76. The van der Waals surface area contributed by atoms with Crippen LogP contribution in [0.4, 0.5) is 0 Å². The number of aryl methyl sites for hydroxylation is 1. The van der Waals surface area contributed by atoms with Crippen LogP contribution >= 0.6 is 11.3 Å². The Bertz CT molecular complexity index is 738. The number of aromatic nitrogens is 1. The summed E-state index contributed by atoms with van der Waals surface area (Å²) in [5, 5.41) is 2.55. The SMILES string of the molecule is COc1cc(C)c(S(=O)(=O)NCc2nccs2)cc1C(C)C. The fourth-order valence-corrected chi connectivity index (χ4v) is 4.06. The Morgan fingerprint density at radius 3 is 2.64 bits per heavy atom. The third kappa shape index (κ3) is 3.66. The van der Waals surface area contributed by atoms with Gasteiger partial charge in [0.05, 0.1) is 18.6 Å². The van der Waals surface area contributed by atoms with Crippen LogP contribution in [-0.4, -0.2) is 20.5 Å². The zero-order valence-corrected chi connectivity index (χ0v) is 14.7. The fraction of sp³-hybridized carbons (Fsp3) is 0.400. The molecule has 120 valence electrons. The van der Waals surface area contributed by atoms with E-state index >= 15 is 0 Å². The van der Waals surface area contributed by atoms with Crippen LogP contribution in [0.1, 0.15) is 35.9 Å². The molecule has 1 N–H and O–H groups in total. The van der Waals surface area contributed by atoms with Gasteiger partial charge in [0.15, 0.2) is 0 Å². The van der Waals surface area contributed by atoms with Crippen molar-refractivity contribution in [3.63, 3.8) is 0 Å². The van der Waals surface area contributed by atoms with Crippen LogP contribution in [0.15, 0.2) is 28.6 Å². The summed E-state index contributed by atoms with van der Waals surface area (Å²) >= 11 is 1.42. The summed E-state index contributed by atoms with van der Waals surface area (Å²) < 4.78 is 33.0. The summed E-state index contributed by atoms with van der Waals surface area (Å²) in [4.78, 5) is 4.37. The van der Waals surface area contributed by atoms with Crippen molar-refractivity contribution in [3.05, 3.63) is 39.8 Å². The van der Waals surface area contributed by atoms with Gasteiger partial charge in [0, 0.05) is 11.6 Å². The highest BCUT2D eigenvalue weighted by atomic mass is 32.2. The van der Waals surface area contributed by atoms with Crippen molar-refractivity contribution >= 4 is 21.4 Å². The van der Waals surface area contributed by atoms with E-state index in [1.165, 1.54) is 11.3 Å². The third-order valence-electron chi connectivity index (χ3n) is 3.34. The largest absolute Gasteiger partial charge is 0.496 e. The molecule has 1 aromatic heterocycles. The molecular formula is C15H20N2O3S2. The van der Waals surface area contributed by atoms with Crippen LogP contribution in [0.3, 0.4) is 0 Å². The standard InChI is InChI=1S/C15H20N2O3S2/c1-10(2)12-8-14(11(3)7-13(12)20-4)22(18,19)17-9-15-16-5-6-21-15/h5-8,10,17H,9H2,1-4H3. The van der Waals surface area contributed by atoms with Gasteiger partial charge in [0.1, 0.15) is 10.8 Å². The molecule has 1 heterocycles. The Labute approximate surface area is 135 Å². The van der Waals surface area contributed by atoms with E-state index in [4.69, 9.17) is 4.74 Å². The lowest BCUT2D eigenvalue weighted by atomic mass is 10.0. The quantitative estimate of drug-likeness (QED) is 0.877. The van der Waals surface area contributed by atoms with Crippen molar-refractivity contribution in [1.29, 1.82) is 0 Å². The van der Waals surface area contributed by atoms with Gasteiger partial charge in [-0.2, -0.15) is 0 Å². The van der Waals surface area contributed by atoms with Gasteiger partial charge >= 0.3 is 0 Å². The number of nitrogens with one attached hydrogen (secondary N) is 1. The first-order valence-corrected chi connectivity index (χ1v) is 9.28. The van der Waals surface area contributed by atoms with E-state index < -0.39 is 10.0 Å². The highest BCUT2D eigenvalue weighted by Crippen LogP contribution is 2.31. The maximum atomic E-state index is 12.5. The summed E-state index contributed by atoms with van der Waals surface area (Å²) in [6.07, 6.45) is 1.66. The van der Waals surface area contributed by atoms with Crippen molar-refractivity contribution in [1.82, 2.24) is 9.71 Å². The van der Waals surface area contributed by atoms with Crippen LogP contribution < -0.4 is 9.46 Å². The van der Waals surface area contributed by atoms with E-state index in [1.807, 2.05) is 19.2 Å². The third-order valence-corrected chi connectivity index (χ3v) is 5.66. The van der Waals surface area contributed by atoms with Crippen molar-refractivity contribution in [3.8, 4) is 5.75 Å². The second-order valence-corrected chi connectivity index (χ2v) is 7.98. The molecule has 7 heteroatoms. The number of hydrogen-bond acceptors (Lipinski definition) is 5. The van der Waals surface area contributed by atoms with Crippen molar-refractivity contribution < 1.29 is 13.2 Å². The Kier molecular flexibility index (Phi) is 5.20. The molecule has 5 nitrogen and oxygen atoms in total. The lowest BCUT2D eigenvalue weighted by Gasteiger charge is -2.16. The minimum atomic E-state index is -3.59. The number of thiazole rings is 1. The fourth-order valence-electron chi connectivity index (χ4n) is 2.17. The maximum absolute atomic E-state index is 12.5. The molecule has 0 bridgehead atoms. The molecule has 2 aromatic rings. The van der Waals surface area contributed by atoms with Crippen LogP contribution in [-0.2, 0) is 16.6 Å². The summed E-state index contributed by atoms with van der Waals surface area (Å²) in [5.41, 5.74) is 1.54. The molecular weight excluding hydrogens is 320 g/mol. The second-order valence-electron chi connectivity index (χ2n) is 5.26. The summed E-state index contributed by atoms with van der Waals surface area (Å²) in [6.45, 7) is 5.98. The van der Waals surface area contributed by atoms with Gasteiger partial charge in [-0.3, -0.25) is 0 Å². The topological polar surface area (TPSA) is 68.3 Å². The van der Waals surface area contributed by atoms with Gasteiger partial charge in [-0.1, -0.05) is 13.8 Å². The van der Waals surface area contributed by atoms with E-state index in [1.54, 1.807) is 32.4 Å². The number of nitrogens with zero attached hydrogens (tertiary/aromatic N) is 1. The Hall–Kier alpha value is -1.44. The van der Waals surface area contributed by atoms with Gasteiger partial charge in [-0.15, -0.1) is 11.3 Å². The van der Waals surface area contributed by atoms with Crippen LogP contribution in [0.2, 0.25) is 0 Å². The first kappa shape index (κ1) is 16.9.